The van der Waals surface area contributed by atoms with Crippen molar-refractivity contribution in [1.82, 2.24) is 54.7 Å². The van der Waals surface area contributed by atoms with Crippen LogP contribution in [0.2, 0.25) is 25.4 Å². The van der Waals surface area contributed by atoms with Crippen molar-refractivity contribution < 1.29 is 0 Å². The number of fused-ring (bicyclic) bond motifs is 2. The molecule has 0 aliphatic carbocycles. The molecule has 0 amide bonds. The normalized spacial score (nSPS) is 15.9. The molecular weight excluding hydrogens is 946 g/mol. The topological polar surface area (TPSA) is 125 Å². The zero-order valence-electron chi connectivity index (χ0n) is 37.8. The summed E-state index contributed by atoms with van der Waals surface area (Å²) in [5.41, 5.74) is 8.49. The highest BCUT2D eigenvalue weighted by Gasteiger charge is 2.30. The van der Waals surface area contributed by atoms with E-state index in [1.807, 2.05) is 60.9 Å². The van der Waals surface area contributed by atoms with Crippen molar-refractivity contribution in [1.29, 1.82) is 0 Å². The van der Waals surface area contributed by atoms with Crippen LogP contribution in [0.15, 0.2) is 110 Å². The molecule has 6 aromatic heterocycles. The Labute approximate surface area is 416 Å². The van der Waals surface area contributed by atoms with Crippen LogP contribution in [0.25, 0.3) is 56.1 Å². The SMILES string of the molecule is CC(C)NC[C@H]1CCCN1.CC(C)NC[C@H]1CCCN1c1nc(-c2ccncc2)c(-c2ccc(Cl)c(Cl)c2)c2nccn12.Clc1ccc(-c2c(-c3ccncc3)nc(Cl)n3ccnc23)cc1Cl. The van der Waals surface area contributed by atoms with Crippen molar-refractivity contribution in [2.75, 3.05) is 31.1 Å². The molecule has 3 N–H and O–H groups in total. The maximum absolute atomic E-state index is 6.40. The van der Waals surface area contributed by atoms with Gasteiger partial charge in [-0.15, -0.1) is 0 Å². The molecule has 2 atom stereocenters. The van der Waals surface area contributed by atoms with Crippen molar-refractivity contribution in [3.05, 3.63) is 136 Å². The van der Waals surface area contributed by atoms with Gasteiger partial charge in [0, 0.05) is 105 Å². The molecule has 2 fully saturated rings. The molecule has 17 heteroatoms. The first-order chi connectivity index (χ1) is 32.5. The van der Waals surface area contributed by atoms with Crippen LogP contribution in [0, 0.1) is 0 Å². The van der Waals surface area contributed by atoms with Crippen molar-refractivity contribution in [2.24, 2.45) is 0 Å². The highest BCUT2D eigenvalue weighted by atomic mass is 35.5. The first kappa shape index (κ1) is 48.6. The fraction of sp³-hybridized carbons (Fsp3) is 0.320. The molecule has 2 saturated heterocycles. The van der Waals surface area contributed by atoms with Crippen LogP contribution >= 0.6 is 58.0 Å². The van der Waals surface area contributed by atoms with Crippen LogP contribution < -0.4 is 20.9 Å². The van der Waals surface area contributed by atoms with E-state index in [2.05, 4.69) is 72.9 Å². The summed E-state index contributed by atoms with van der Waals surface area (Å²) in [4.78, 5) is 29.7. The third-order valence-corrected chi connectivity index (χ3v) is 13.4. The number of pyridine rings is 2. The second kappa shape index (κ2) is 22.5. The summed E-state index contributed by atoms with van der Waals surface area (Å²) in [5.74, 6) is 0.908. The van der Waals surface area contributed by atoms with E-state index in [4.69, 9.17) is 68.0 Å². The molecule has 0 saturated carbocycles. The minimum absolute atomic E-state index is 0.332. The van der Waals surface area contributed by atoms with Gasteiger partial charge in [-0.1, -0.05) is 86.2 Å². The van der Waals surface area contributed by atoms with Gasteiger partial charge in [0.05, 0.1) is 42.6 Å². The van der Waals surface area contributed by atoms with E-state index in [-0.39, 0.29) is 0 Å². The number of benzene rings is 2. The maximum atomic E-state index is 6.40. The van der Waals surface area contributed by atoms with Gasteiger partial charge in [0.2, 0.25) is 11.2 Å². The van der Waals surface area contributed by atoms with Gasteiger partial charge in [-0.2, -0.15) is 0 Å². The van der Waals surface area contributed by atoms with Gasteiger partial charge in [-0.3, -0.25) is 18.8 Å². The van der Waals surface area contributed by atoms with Gasteiger partial charge >= 0.3 is 0 Å². The second-order valence-corrected chi connectivity index (χ2v) is 19.1. The Hall–Kier alpha value is -4.89. The van der Waals surface area contributed by atoms with Crippen LogP contribution in [-0.4, -0.2) is 89.1 Å². The summed E-state index contributed by atoms with van der Waals surface area (Å²) in [6.45, 7) is 13.0. The number of hydrogen-bond donors (Lipinski definition) is 3. The fourth-order valence-electron chi connectivity index (χ4n) is 8.38. The monoisotopic (exact) mass is 996 g/mol. The summed E-state index contributed by atoms with van der Waals surface area (Å²) in [7, 11) is 0. The Bertz CT molecular complexity index is 2900. The summed E-state index contributed by atoms with van der Waals surface area (Å²) >= 11 is 31.2. The van der Waals surface area contributed by atoms with E-state index < -0.39 is 0 Å². The minimum atomic E-state index is 0.332. The Morgan fingerprint density at radius 1 is 0.597 bits per heavy atom. The standard InChI is InChI=1S/C25H26Cl2N6.C17H9Cl3N4.C8H18N2/c1-16(2)30-15-19-4-3-12-32(19)25-31-23(17-7-9-28-10-8-17)22(24-29-11-13-33(24)25)18-5-6-20(26)21(27)14-18;18-12-2-1-11(9-13(12)19)14-15(10-3-5-21-6-4-10)23-17(20)24-8-7-22-16(14)24;1-7(2)10-6-8-4-3-5-9-8/h5-11,13-14,16,19,30H,3-4,12,15H2,1-2H3;1-9H;7-10H,3-6H2,1-2H3/t19-;;8-/m1.1/s1. The lowest BCUT2D eigenvalue weighted by Gasteiger charge is -2.28. The van der Waals surface area contributed by atoms with E-state index in [1.54, 1.807) is 53.7 Å². The number of anilines is 1. The molecule has 0 bridgehead atoms. The number of rotatable bonds is 11. The van der Waals surface area contributed by atoms with Crippen LogP contribution in [-0.2, 0) is 0 Å². The smallest absolute Gasteiger partial charge is 0.212 e. The first-order valence-corrected chi connectivity index (χ1v) is 24.4. The third kappa shape index (κ3) is 11.5. The van der Waals surface area contributed by atoms with E-state index in [1.165, 1.54) is 19.4 Å². The van der Waals surface area contributed by atoms with Gasteiger partial charge in [0.1, 0.15) is 11.3 Å². The Kier molecular flexibility index (Phi) is 16.3. The molecule has 8 aromatic rings. The van der Waals surface area contributed by atoms with E-state index in [9.17, 15) is 0 Å². The van der Waals surface area contributed by atoms with Crippen LogP contribution in [0.4, 0.5) is 5.95 Å². The summed E-state index contributed by atoms with van der Waals surface area (Å²) < 4.78 is 3.82. The number of nitrogens with one attached hydrogen (secondary N) is 3. The lowest BCUT2D eigenvalue weighted by molar-refractivity contribution is 0.497. The number of halogens is 5. The Morgan fingerprint density at radius 3 is 1.67 bits per heavy atom. The quantitative estimate of drug-likeness (QED) is 0.108. The number of hydrogen-bond acceptors (Lipinski definition) is 10. The highest BCUT2D eigenvalue weighted by Crippen LogP contribution is 2.40. The predicted molar refractivity (Wildman–Crippen MR) is 276 cm³/mol. The third-order valence-electron chi connectivity index (χ3n) is 11.7. The fourth-order valence-corrected chi connectivity index (χ4v) is 9.19. The summed E-state index contributed by atoms with van der Waals surface area (Å²) in [6.07, 6.45) is 19.2. The average Bonchev–Trinajstić information content (AvgIpc) is 4.19. The van der Waals surface area contributed by atoms with Gasteiger partial charge in [-0.25, -0.2) is 19.9 Å². The molecule has 0 spiro atoms. The van der Waals surface area contributed by atoms with Crippen LogP contribution in [0.1, 0.15) is 53.4 Å². The Balaban J connectivity index is 0.000000156. The predicted octanol–water partition coefficient (Wildman–Crippen LogP) is 11.9. The maximum Gasteiger partial charge on any atom is 0.212 e. The molecule has 10 rings (SSSR count). The Morgan fingerprint density at radius 2 is 1.13 bits per heavy atom. The van der Waals surface area contributed by atoms with Gasteiger partial charge in [0.25, 0.3) is 0 Å². The van der Waals surface area contributed by atoms with E-state index in [0.717, 1.165) is 89.2 Å². The highest BCUT2D eigenvalue weighted by molar-refractivity contribution is 6.42. The molecule has 12 nitrogen and oxygen atoms in total. The molecule has 348 valence electrons. The molecule has 2 aliphatic rings. The molecule has 8 heterocycles. The number of imidazole rings is 2. The van der Waals surface area contributed by atoms with Crippen LogP contribution in [0.5, 0.6) is 0 Å². The van der Waals surface area contributed by atoms with Gasteiger partial charge in [-0.05, 0) is 103 Å². The second-order valence-electron chi connectivity index (χ2n) is 17.1. The average molecular weight is 999 g/mol. The van der Waals surface area contributed by atoms with Crippen molar-refractivity contribution in [2.45, 2.75) is 77.5 Å². The summed E-state index contributed by atoms with van der Waals surface area (Å²) in [6, 6.07) is 21.0. The van der Waals surface area contributed by atoms with Crippen molar-refractivity contribution >= 4 is 75.2 Å². The van der Waals surface area contributed by atoms with Gasteiger partial charge < -0.3 is 20.9 Å². The molecule has 2 aliphatic heterocycles. The van der Waals surface area contributed by atoms with Crippen LogP contribution in [0.3, 0.4) is 0 Å². The molecule has 67 heavy (non-hydrogen) atoms. The lowest BCUT2D eigenvalue weighted by Crippen LogP contribution is -2.41. The summed E-state index contributed by atoms with van der Waals surface area (Å²) in [5, 5.41) is 12.8. The first-order valence-electron chi connectivity index (χ1n) is 22.5. The van der Waals surface area contributed by atoms with E-state index in [0.29, 0.717) is 54.8 Å². The zero-order valence-corrected chi connectivity index (χ0v) is 41.6. The number of aromatic nitrogens is 8. The lowest BCUT2D eigenvalue weighted by atomic mass is 10.0. The van der Waals surface area contributed by atoms with Crippen molar-refractivity contribution in [3.63, 3.8) is 0 Å². The molecule has 0 radical (unpaired) electrons. The molecular formula is C50H53Cl5N12. The number of nitrogens with zero attached hydrogens (tertiary/aromatic N) is 9. The van der Waals surface area contributed by atoms with Gasteiger partial charge in [0.15, 0.2) is 0 Å². The zero-order chi connectivity index (χ0) is 47.0. The van der Waals surface area contributed by atoms with E-state index >= 15 is 0 Å². The minimum Gasteiger partial charge on any atom is -0.338 e. The largest absolute Gasteiger partial charge is 0.338 e. The molecule has 0 unspecified atom stereocenters. The van der Waals surface area contributed by atoms with Crippen molar-refractivity contribution in [3.8, 4) is 44.8 Å². The molecule has 2 aromatic carbocycles.